The van der Waals surface area contributed by atoms with Crippen molar-refractivity contribution in [3.05, 3.63) is 54.5 Å². The summed E-state index contributed by atoms with van der Waals surface area (Å²) >= 11 is 0. The molecule has 3 rings (SSSR count). The second kappa shape index (κ2) is 6.55. The summed E-state index contributed by atoms with van der Waals surface area (Å²) in [6, 6.07) is 11.6. The highest BCUT2D eigenvalue weighted by Gasteiger charge is 2.30. The largest absolute Gasteiger partial charge is 0.459 e. The molecule has 0 spiro atoms. The van der Waals surface area contributed by atoms with E-state index >= 15 is 0 Å². The summed E-state index contributed by atoms with van der Waals surface area (Å²) in [5, 5.41) is 2.88. The molecule has 0 saturated carbocycles. The molecular weight excluding hydrogens is 316 g/mol. The van der Waals surface area contributed by atoms with Crippen molar-refractivity contribution < 1.29 is 17.6 Å². The zero-order chi connectivity index (χ0) is 16.3. The highest BCUT2D eigenvalue weighted by molar-refractivity contribution is 7.89. The SMILES string of the molecule is O=C(NC1CCN(S(=O)(=O)c2ccccc2)CC1)c1ccco1. The lowest BCUT2D eigenvalue weighted by Gasteiger charge is -2.31. The number of benzene rings is 1. The number of nitrogens with zero attached hydrogens (tertiary/aromatic N) is 1. The van der Waals surface area contributed by atoms with Crippen molar-refractivity contribution in [1.29, 1.82) is 0 Å². The molecule has 1 aromatic heterocycles. The highest BCUT2D eigenvalue weighted by Crippen LogP contribution is 2.20. The Morgan fingerprint density at radius 3 is 2.39 bits per heavy atom. The van der Waals surface area contributed by atoms with E-state index in [4.69, 9.17) is 4.42 Å². The van der Waals surface area contributed by atoms with E-state index in [1.54, 1.807) is 42.5 Å². The quantitative estimate of drug-likeness (QED) is 0.925. The van der Waals surface area contributed by atoms with Gasteiger partial charge in [0, 0.05) is 19.1 Å². The molecule has 1 aliphatic heterocycles. The van der Waals surface area contributed by atoms with Gasteiger partial charge in [-0.15, -0.1) is 0 Å². The van der Waals surface area contributed by atoms with E-state index in [0.29, 0.717) is 30.8 Å². The van der Waals surface area contributed by atoms with Crippen LogP contribution in [-0.2, 0) is 10.0 Å². The van der Waals surface area contributed by atoms with E-state index in [9.17, 15) is 13.2 Å². The molecule has 7 heteroatoms. The zero-order valence-electron chi connectivity index (χ0n) is 12.5. The molecule has 1 amide bonds. The molecule has 1 aliphatic rings. The molecule has 23 heavy (non-hydrogen) atoms. The third-order valence-corrected chi connectivity index (χ3v) is 5.83. The van der Waals surface area contributed by atoms with Gasteiger partial charge in [0.1, 0.15) is 0 Å². The Morgan fingerprint density at radius 2 is 1.78 bits per heavy atom. The number of amides is 1. The molecule has 6 nitrogen and oxygen atoms in total. The summed E-state index contributed by atoms with van der Waals surface area (Å²) in [7, 11) is -3.46. The van der Waals surface area contributed by atoms with E-state index in [0.717, 1.165) is 0 Å². The van der Waals surface area contributed by atoms with Gasteiger partial charge in [0.2, 0.25) is 10.0 Å². The fraction of sp³-hybridized carbons (Fsp3) is 0.312. The summed E-state index contributed by atoms with van der Waals surface area (Å²) in [5.41, 5.74) is 0. The number of piperidine rings is 1. The molecule has 0 unspecified atom stereocenters. The van der Waals surface area contributed by atoms with Crippen molar-refractivity contribution in [2.24, 2.45) is 0 Å². The topological polar surface area (TPSA) is 79.6 Å². The smallest absolute Gasteiger partial charge is 0.287 e. The first-order chi connectivity index (χ1) is 11.1. The predicted octanol–water partition coefficient (Wildman–Crippen LogP) is 1.86. The number of carbonyl (C=O) groups is 1. The second-order valence-electron chi connectivity index (χ2n) is 5.44. The standard InChI is InChI=1S/C16H18N2O4S/c19-16(15-7-4-12-22-15)17-13-8-10-18(11-9-13)23(20,21)14-5-2-1-3-6-14/h1-7,12-13H,8-11H2,(H,17,19). The first kappa shape index (κ1) is 15.8. The van der Waals surface area contributed by atoms with Crippen LogP contribution >= 0.6 is 0 Å². The molecule has 1 aromatic carbocycles. The van der Waals surface area contributed by atoms with Crippen LogP contribution in [0.4, 0.5) is 0 Å². The Balaban J connectivity index is 1.59. The summed E-state index contributed by atoms with van der Waals surface area (Å²) in [5.74, 6) is 0.00343. The number of hydrogen-bond acceptors (Lipinski definition) is 4. The Labute approximate surface area is 135 Å². The van der Waals surface area contributed by atoms with Crippen molar-refractivity contribution in [3.63, 3.8) is 0 Å². The van der Waals surface area contributed by atoms with Crippen molar-refractivity contribution >= 4 is 15.9 Å². The van der Waals surface area contributed by atoms with Crippen LogP contribution in [0.15, 0.2) is 58.0 Å². The van der Waals surface area contributed by atoms with Crippen molar-refractivity contribution in [2.75, 3.05) is 13.1 Å². The monoisotopic (exact) mass is 334 g/mol. The van der Waals surface area contributed by atoms with Crippen LogP contribution in [0.2, 0.25) is 0 Å². The van der Waals surface area contributed by atoms with E-state index in [1.807, 2.05) is 0 Å². The first-order valence-corrected chi connectivity index (χ1v) is 8.91. The van der Waals surface area contributed by atoms with Gasteiger partial charge in [0.25, 0.3) is 5.91 Å². The average molecular weight is 334 g/mol. The van der Waals surface area contributed by atoms with Gasteiger partial charge in [-0.25, -0.2) is 8.42 Å². The number of hydrogen-bond donors (Lipinski definition) is 1. The van der Waals surface area contributed by atoms with E-state index < -0.39 is 10.0 Å². The van der Waals surface area contributed by atoms with Crippen LogP contribution in [0.1, 0.15) is 23.4 Å². The molecule has 0 aliphatic carbocycles. The maximum absolute atomic E-state index is 12.5. The third kappa shape index (κ3) is 3.46. The van der Waals surface area contributed by atoms with Gasteiger partial charge < -0.3 is 9.73 Å². The fourth-order valence-corrected chi connectivity index (χ4v) is 4.14. The van der Waals surface area contributed by atoms with Crippen LogP contribution < -0.4 is 5.32 Å². The lowest BCUT2D eigenvalue weighted by molar-refractivity contribution is 0.0895. The number of nitrogens with one attached hydrogen (secondary N) is 1. The highest BCUT2D eigenvalue weighted by atomic mass is 32.2. The summed E-state index contributed by atoms with van der Waals surface area (Å²) in [6.45, 7) is 0.778. The van der Waals surface area contributed by atoms with E-state index in [2.05, 4.69) is 5.32 Å². The first-order valence-electron chi connectivity index (χ1n) is 7.47. The van der Waals surface area contributed by atoms with Gasteiger partial charge in [-0.05, 0) is 37.1 Å². The van der Waals surface area contributed by atoms with Gasteiger partial charge in [-0.3, -0.25) is 4.79 Å². The molecule has 0 bridgehead atoms. The number of furan rings is 1. The number of rotatable bonds is 4. The summed E-state index contributed by atoms with van der Waals surface area (Å²) in [4.78, 5) is 12.2. The Morgan fingerprint density at radius 1 is 1.09 bits per heavy atom. The number of carbonyl (C=O) groups excluding carboxylic acids is 1. The molecule has 2 heterocycles. The van der Waals surface area contributed by atoms with Gasteiger partial charge in [0.15, 0.2) is 5.76 Å². The fourth-order valence-electron chi connectivity index (χ4n) is 2.65. The zero-order valence-corrected chi connectivity index (χ0v) is 13.3. The van der Waals surface area contributed by atoms with Gasteiger partial charge in [-0.2, -0.15) is 4.31 Å². The number of sulfonamides is 1. The molecule has 1 saturated heterocycles. The second-order valence-corrected chi connectivity index (χ2v) is 7.38. The normalized spacial score (nSPS) is 17.0. The molecule has 2 aromatic rings. The van der Waals surface area contributed by atoms with Crippen LogP contribution in [0.3, 0.4) is 0 Å². The Bertz CT molecular complexity index is 749. The molecule has 1 fully saturated rings. The minimum atomic E-state index is -3.46. The van der Waals surface area contributed by atoms with Gasteiger partial charge in [0.05, 0.1) is 11.2 Å². The molecule has 1 N–H and O–H groups in total. The van der Waals surface area contributed by atoms with E-state index in [1.165, 1.54) is 10.6 Å². The molecule has 0 atom stereocenters. The lowest BCUT2D eigenvalue weighted by atomic mass is 10.1. The van der Waals surface area contributed by atoms with Crippen LogP contribution in [0.5, 0.6) is 0 Å². The van der Waals surface area contributed by atoms with Crippen molar-refractivity contribution in [3.8, 4) is 0 Å². The minimum absolute atomic E-state index is 0.0465. The van der Waals surface area contributed by atoms with E-state index in [-0.39, 0.29) is 17.7 Å². The van der Waals surface area contributed by atoms with Gasteiger partial charge >= 0.3 is 0 Å². The summed E-state index contributed by atoms with van der Waals surface area (Å²) in [6.07, 6.45) is 2.61. The minimum Gasteiger partial charge on any atom is -0.459 e. The van der Waals surface area contributed by atoms with Crippen LogP contribution in [0, 0.1) is 0 Å². The molecular formula is C16H18N2O4S. The van der Waals surface area contributed by atoms with Gasteiger partial charge in [-0.1, -0.05) is 18.2 Å². The Hall–Kier alpha value is -2.12. The third-order valence-electron chi connectivity index (χ3n) is 3.92. The lowest BCUT2D eigenvalue weighted by Crippen LogP contribution is -2.46. The van der Waals surface area contributed by atoms with Crippen molar-refractivity contribution in [2.45, 2.75) is 23.8 Å². The maximum Gasteiger partial charge on any atom is 0.287 e. The van der Waals surface area contributed by atoms with Crippen LogP contribution in [-0.4, -0.2) is 37.8 Å². The summed E-state index contributed by atoms with van der Waals surface area (Å²) < 4.78 is 31.6. The Kier molecular flexibility index (Phi) is 4.49. The molecule has 0 radical (unpaired) electrons. The van der Waals surface area contributed by atoms with Crippen LogP contribution in [0.25, 0.3) is 0 Å². The average Bonchev–Trinajstić information content (AvgIpc) is 3.11. The maximum atomic E-state index is 12.5. The predicted molar refractivity (Wildman–Crippen MR) is 84.4 cm³/mol. The van der Waals surface area contributed by atoms with Crippen molar-refractivity contribution in [1.82, 2.24) is 9.62 Å². The molecule has 122 valence electrons.